The molecular formula is C21H24N2O2. The SMILES string of the molecule is C[C@H]1CCC(=O)N(CC(O)Cn2c3ccccc3c3ccccc32)C1. The van der Waals surface area contributed by atoms with E-state index in [2.05, 4.69) is 35.8 Å². The van der Waals surface area contributed by atoms with Crippen molar-refractivity contribution >= 4 is 27.7 Å². The fraction of sp³-hybridized carbons (Fsp3) is 0.381. The van der Waals surface area contributed by atoms with Gasteiger partial charge in [0.15, 0.2) is 0 Å². The van der Waals surface area contributed by atoms with Crippen LogP contribution in [0.5, 0.6) is 0 Å². The summed E-state index contributed by atoms with van der Waals surface area (Å²) >= 11 is 0. The van der Waals surface area contributed by atoms with E-state index >= 15 is 0 Å². The average molecular weight is 336 g/mol. The van der Waals surface area contributed by atoms with Crippen LogP contribution in [-0.2, 0) is 11.3 Å². The van der Waals surface area contributed by atoms with Gasteiger partial charge in [-0.1, -0.05) is 43.3 Å². The Bertz CT molecular complexity index is 861. The molecule has 2 heterocycles. The number of carbonyl (C=O) groups is 1. The van der Waals surface area contributed by atoms with Crippen LogP contribution in [0.25, 0.3) is 21.8 Å². The predicted molar refractivity (Wildman–Crippen MR) is 100 cm³/mol. The summed E-state index contributed by atoms with van der Waals surface area (Å²) in [5, 5.41) is 13.1. The molecule has 1 aromatic heterocycles. The van der Waals surface area contributed by atoms with E-state index in [4.69, 9.17) is 0 Å². The van der Waals surface area contributed by atoms with E-state index in [0.29, 0.717) is 25.4 Å². The number of piperidine rings is 1. The molecule has 1 unspecified atom stereocenters. The first kappa shape index (κ1) is 16.2. The highest BCUT2D eigenvalue weighted by atomic mass is 16.3. The van der Waals surface area contributed by atoms with Crippen LogP contribution in [0, 0.1) is 5.92 Å². The Morgan fingerprint density at radius 3 is 2.28 bits per heavy atom. The molecule has 25 heavy (non-hydrogen) atoms. The summed E-state index contributed by atoms with van der Waals surface area (Å²) in [6.07, 6.45) is 0.982. The molecule has 1 amide bonds. The number of likely N-dealkylation sites (tertiary alicyclic amines) is 1. The Kier molecular flexibility index (Phi) is 4.22. The maximum atomic E-state index is 12.1. The standard InChI is InChI=1S/C21H24N2O2/c1-15-10-11-21(25)22(12-15)13-16(24)14-23-19-8-4-2-6-17(19)18-7-3-5-9-20(18)23/h2-9,15-16,24H,10-14H2,1H3/t15-,16?/m0/s1. The van der Waals surface area contributed by atoms with Crippen LogP contribution in [0.3, 0.4) is 0 Å². The van der Waals surface area contributed by atoms with E-state index < -0.39 is 6.10 Å². The van der Waals surface area contributed by atoms with Gasteiger partial charge in [-0.15, -0.1) is 0 Å². The molecular weight excluding hydrogens is 312 g/mol. The molecule has 4 rings (SSSR count). The first-order chi connectivity index (χ1) is 12.1. The maximum absolute atomic E-state index is 12.1. The van der Waals surface area contributed by atoms with Crippen molar-refractivity contribution in [1.82, 2.24) is 9.47 Å². The zero-order valence-electron chi connectivity index (χ0n) is 14.6. The molecule has 0 aliphatic carbocycles. The third kappa shape index (κ3) is 3.02. The number of carbonyl (C=O) groups excluding carboxylic acids is 1. The van der Waals surface area contributed by atoms with Crippen molar-refractivity contribution in [3.05, 3.63) is 48.5 Å². The summed E-state index contributed by atoms with van der Waals surface area (Å²) in [6, 6.07) is 16.6. The lowest BCUT2D eigenvalue weighted by atomic mass is 9.99. The van der Waals surface area contributed by atoms with Crippen molar-refractivity contribution in [2.75, 3.05) is 13.1 Å². The quantitative estimate of drug-likeness (QED) is 0.793. The van der Waals surface area contributed by atoms with E-state index in [-0.39, 0.29) is 5.91 Å². The van der Waals surface area contributed by atoms with Crippen molar-refractivity contribution < 1.29 is 9.90 Å². The molecule has 4 heteroatoms. The molecule has 130 valence electrons. The fourth-order valence-corrected chi connectivity index (χ4v) is 4.00. The second-order valence-corrected chi connectivity index (χ2v) is 7.24. The number of aliphatic hydroxyl groups is 1. The molecule has 1 N–H and O–H groups in total. The number of amides is 1. The summed E-state index contributed by atoms with van der Waals surface area (Å²) in [7, 11) is 0. The zero-order chi connectivity index (χ0) is 17.4. The van der Waals surface area contributed by atoms with E-state index in [9.17, 15) is 9.90 Å². The smallest absolute Gasteiger partial charge is 0.222 e. The minimum Gasteiger partial charge on any atom is -0.389 e. The summed E-state index contributed by atoms with van der Waals surface area (Å²) in [5.41, 5.74) is 2.25. The number of para-hydroxylation sites is 2. The van der Waals surface area contributed by atoms with Gasteiger partial charge in [-0.2, -0.15) is 0 Å². The van der Waals surface area contributed by atoms with Crippen LogP contribution in [0.1, 0.15) is 19.8 Å². The molecule has 0 radical (unpaired) electrons. The molecule has 1 saturated heterocycles. The highest BCUT2D eigenvalue weighted by Gasteiger charge is 2.25. The number of rotatable bonds is 4. The summed E-state index contributed by atoms with van der Waals surface area (Å²) < 4.78 is 2.17. The van der Waals surface area contributed by atoms with Crippen molar-refractivity contribution in [2.24, 2.45) is 5.92 Å². The number of aliphatic hydroxyl groups excluding tert-OH is 1. The second-order valence-electron chi connectivity index (χ2n) is 7.24. The van der Waals surface area contributed by atoms with Gasteiger partial charge in [-0.3, -0.25) is 4.79 Å². The zero-order valence-corrected chi connectivity index (χ0v) is 14.6. The molecule has 3 aromatic rings. The minimum absolute atomic E-state index is 0.166. The van der Waals surface area contributed by atoms with Gasteiger partial charge in [0.25, 0.3) is 0 Å². The molecule has 2 aromatic carbocycles. The van der Waals surface area contributed by atoms with Crippen LogP contribution in [0.15, 0.2) is 48.5 Å². The lowest BCUT2D eigenvalue weighted by molar-refractivity contribution is -0.136. The van der Waals surface area contributed by atoms with Gasteiger partial charge in [-0.25, -0.2) is 0 Å². The molecule has 1 aliphatic rings. The number of nitrogens with zero attached hydrogens (tertiary/aromatic N) is 2. The molecule has 0 saturated carbocycles. The number of aromatic nitrogens is 1. The first-order valence-corrected chi connectivity index (χ1v) is 9.05. The number of hydrogen-bond donors (Lipinski definition) is 1. The average Bonchev–Trinajstić information content (AvgIpc) is 2.93. The molecule has 1 fully saturated rings. The van der Waals surface area contributed by atoms with Crippen molar-refractivity contribution in [3.8, 4) is 0 Å². The minimum atomic E-state index is -0.575. The van der Waals surface area contributed by atoms with E-state index in [1.807, 2.05) is 29.2 Å². The summed E-state index contributed by atoms with van der Waals surface area (Å²) in [4.78, 5) is 13.9. The van der Waals surface area contributed by atoms with Crippen LogP contribution >= 0.6 is 0 Å². The van der Waals surface area contributed by atoms with Crippen LogP contribution in [-0.4, -0.2) is 39.7 Å². The summed E-state index contributed by atoms with van der Waals surface area (Å²) in [6.45, 7) is 3.82. The number of β-amino-alcohol motifs (C(OH)–C–C–N with tert-alkyl or cyclic N) is 1. The van der Waals surface area contributed by atoms with E-state index in [1.54, 1.807) is 0 Å². The maximum Gasteiger partial charge on any atom is 0.222 e. The van der Waals surface area contributed by atoms with Gasteiger partial charge < -0.3 is 14.6 Å². The Morgan fingerprint density at radius 1 is 1.04 bits per heavy atom. The number of benzene rings is 2. The largest absolute Gasteiger partial charge is 0.389 e. The monoisotopic (exact) mass is 336 g/mol. The number of fused-ring (bicyclic) bond motifs is 3. The van der Waals surface area contributed by atoms with Gasteiger partial charge in [0, 0.05) is 41.3 Å². The van der Waals surface area contributed by atoms with Gasteiger partial charge in [-0.05, 0) is 24.5 Å². The molecule has 4 nitrogen and oxygen atoms in total. The highest BCUT2D eigenvalue weighted by Crippen LogP contribution is 2.29. The van der Waals surface area contributed by atoms with Crippen molar-refractivity contribution in [1.29, 1.82) is 0 Å². The normalized spacial score (nSPS) is 19.7. The van der Waals surface area contributed by atoms with Gasteiger partial charge in [0.2, 0.25) is 5.91 Å². The second kappa shape index (κ2) is 6.52. The van der Waals surface area contributed by atoms with Gasteiger partial charge >= 0.3 is 0 Å². The Labute approximate surface area is 147 Å². The third-order valence-corrected chi connectivity index (χ3v) is 5.24. The van der Waals surface area contributed by atoms with Crippen molar-refractivity contribution in [3.63, 3.8) is 0 Å². The topological polar surface area (TPSA) is 45.5 Å². The third-order valence-electron chi connectivity index (χ3n) is 5.24. The molecule has 0 spiro atoms. The van der Waals surface area contributed by atoms with Gasteiger partial charge in [0.1, 0.15) is 0 Å². The lowest BCUT2D eigenvalue weighted by Gasteiger charge is -2.32. The van der Waals surface area contributed by atoms with Crippen LogP contribution < -0.4 is 0 Å². The van der Waals surface area contributed by atoms with Crippen LogP contribution in [0.2, 0.25) is 0 Å². The molecule has 1 aliphatic heterocycles. The lowest BCUT2D eigenvalue weighted by Crippen LogP contribution is -2.44. The van der Waals surface area contributed by atoms with Crippen LogP contribution in [0.4, 0.5) is 0 Å². The van der Waals surface area contributed by atoms with Gasteiger partial charge in [0.05, 0.1) is 12.6 Å². The Morgan fingerprint density at radius 2 is 1.64 bits per heavy atom. The fourth-order valence-electron chi connectivity index (χ4n) is 4.00. The van der Waals surface area contributed by atoms with Crippen molar-refractivity contribution in [2.45, 2.75) is 32.4 Å². The van der Waals surface area contributed by atoms with E-state index in [1.165, 1.54) is 10.8 Å². The number of hydrogen-bond acceptors (Lipinski definition) is 2. The summed E-state index contributed by atoms with van der Waals surface area (Å²) in [5.74, 6) is 0.678. The molecule has 0 bridgehead atoms. The van der Waals surface area contributed by atoms with E-state index in [0.717, 1.165) is 24.0 Å². The Balaban J connectivity index is 1.62. The molecule has 2 atom stereocenters. The predicted octanol–water partition coefficient (Wildman–Crippen LogP) is 3.41. The first-order valence-electron chi connectivity index (χ1n) is 9.05. The highest BCUT2D eigenvalue weighted by molar-refractivity contribution is 6.07. The Hall–Kier alpha value is -2.33.